The van der Waals surface area contributed by atoms with Gasteiger partial charge >= 0.3 is 5.97 Å². The summed E-state index contributed by atoms with van der Waals surface area (Å²) < 4.78 is 44.5. The Labute approximate surface area is 260 Å². The second kappa shape index (κ2) is 16.0. The highest BCUT2D eigenvalue weighted by Crippen LogP contribution is 2.36. The Morgan fingerprint density at radius 1 is 0.791 bits per heavy atom. The van der Waals surface area contributed by atoms with E-state index in [2.05, 4.69) is 29.8 Å². The average molecular weight is 652 g/mol. The first-order valence-electron chi connectivity index (χ1n) is 14.4. The van der Waals surface area contributed by atoms with Crippen LogP contribution in [0.15, 0.2) is 83.3 Å². The second-order valence-corrected chi connectivity index (χ2v) is 10.6. The second-order valence-electron chi connectivity index (χ2n) is 9.76. The lowest BCUT2D eigenvalue weighted by Gasteiger charge is -2.18. The van der Waals surface area contributed by atoms with Crippen LogP contribution in [0.1, 0.15) is 53.7 Å². The lowest BCUT2D eigenvalue weighted by molar-refractivity contribution is 0.0592. The molecule has 0 bridgehead atoms. The molecule has 0 amide bonds. The van der Waals surface area contributed by atoms with Crippen molar-refractivity contribution in [2.75, 3.05) is 20.3 Å². The van der Waals surface area contributed by atoms with Gasteiger partial charge in [-0.15, -0.1) is 0 Å². The van der Waals surface area contributed by atoms with Crippen molar-refractivity contribution in [3.63, 3.8) is 0 Å². The van der Waals surface area contributed by atoms with Gasteiger partial charge < -0.3 is 23.7 Å². The van der Waals surface area contributed by atoms with Crippen LogP contribution >= 0.6 is 15.9 Å². The maximum Gasteiger partial charge on any atom is 0.344 e. The fourth-order valence-corrected chi connectivity index (χ4v) is 5.04. The van der Waals surface area contributed by atoms with Crippen LogP contribution in [-0.4, -0.2) is 26.3 Å². The Balaban J connectivity index is 1.39. The zero-order valence-electron chi connectivity index (χ0n) is 24.7. The number of rotatable bonds is 15. The lowest BCUT2D eigenvalue weighted by Crippen LogP contribution is -2.09. The van der Waals surface area contributed by atoms with E-state index in [9.17, 15) is 9.18 Å². The van der Waals surface area contributed by atoms with Crippen molar-refractivity contribution in [3.8, 4) is 28.7 Å². The Kier molecular flexibility index (Phi) is 11.9. The zero-order chi connectivity index (χ0) is 30.6. The summed E-state index contributed by atoms with van der Waals surface area (Å²) >= 11 is 3.63. The van der Waals surface area contributed by atoms with E-state index in [1.165, 1.54) is 19.2 Å². The third kappa shape index (κ3) is 8.51. The van der Waals surface area contributed by atoms with Gasteiger partial charge in [0.15, 0.2) is 0 Å². The summed E-state index contributed by atoms with van der Waals surface area (Å²) in [5.74, 6) is 1.25. The first kappa shape index (κ1) is 31.9. The molecule has 0 atom stereocenters. The Hall–Kier alpha value is -4.04. The fraction of sp³-hybridized carbons (Fsp3) is 0.286. The van der Waals surface area contributed by atoms with Gasteiger partial charge in [0, 0.05) is 18.1 Å². The van der Waals surface area contributed by atoms with Gasteiger partial charge in [0.1, 0.15) is 46.7 Å². The molecule has 0 aliphatic rings. The fourth-order valence-electron chi connectivity index (χ4n) is 4.54. The third-order valence-corrected chi connectivity index (χ3v) is 7.33. The van der Waals surface area contributed by atoms with E-state index in [1.54, 1.807) is 12.1 Å². The zero-order valence-corrected chi connectivity index (χ0v) is 26.2. The number of methoxy groups -OCH3 is 1. The van der Waals surface area contributed by atoms with E-state index >= 15 is 0 Å². The lowest BCUT2D eigenvalue weighted by atomic mass is 10.1. The van der Waals surface area contributed by atoms with Gasteiger partial charge in [-0.3, -0.25) is 0 Å². The van der Waals surface area contributed by atoms with Gasteiger partial charge in [0.25, 0.3) is 0 Å². The van der Waals surface area contributed by atoms with Gasteiger partial charge in [0.2, 0.25) is 0 Å². The molecule has 0 aliphatic heterocycles. The molecular weight excluding hydrogens is 615 g/mol. The monoisotopic (exact) mass is 650 g/mol. The summed E-state index contributed by atoms with van der Waals surface area (Å²) in [6.07, 6.45) is 2.98. The summed E-state index contributed by atoms with van der Waals surface area (Å²) in [6, 6.07) is 23.7. The third-order valence-electron chi connectivity index (χ3n) is 6.71. The number of esters is 1. The maximum atomic E-state index is 14.5. The number of carbonyl (C=O) groups is 1. The van der Waals surface area contributed by atoms with Crippen molar-refractivity contribution in [1.29, 1.82) is 0 Å². The largest absolute Gasteiger partial charge is 0.493 e. The molecule has 0 aliphatic carbocycles. The molecule has 0 heterocycles. The van der Waals surface area contributed by atoms with Crippen LogP contribution < -0.4 is 18.9 Å². The number of hydrogen-bond acceptors (Lipinski definition) is 6. The van der Waals surface area contributed by atoms with Crippen molar-refractivity contribution in [1.82, 2.24) is 0 Å². The van der Waals surface area contributed by atoms with Crippen molar-refractivity contribution >= 4 is 21.9 Å². The Morgan fingerprint density at radius 3 is 2.21 bits per heavy atom. The van der Waals surface area contributed by atoms with Gasteiger partial charge in [-0.1, -0.05) is 62.7 Å². The highest BCUT2D eigenvalue weighted by Gasteiger charge is 2.21. The SMILES string of the molecule is CCCc1c(OCCCOc2cc(OCc3ccccc3)c(Br)cc2CC)cccc1Oc1cccc(F)c1C(=O)OC. The average Bonchev–Trinajstić information content (AvgIpc) is 3.02. The van der Waals surface area contributed by atoms with E-state index in [-0.39, 0.29) is 11.3 Å². The van der Waals surface area contributed by atoms with E-state index < -0.39 is 11.8 Å². The van der Waals surface area contributed by atoms with E-state index in [0.717, 1.165) is 45.5 Å². The number of carbonyl (C=O) groups excluding carboxylic acids is 1. The molecule has 0 unspecified atom stereocenters. The molecule has 4 aromatic rings. The minimum Gasteiger partial charge on any atom is -0.493 e. The molecule has 6 nitrogen and oxygen atoms in total. The highest BCUT2D eigenvalue weighted by atomic mass is 79.9. The van der Waals surface area contributed by atoms with Crippen LogP contribution in [0.4, 0.5) is 4.39 Å². The molecule has 226 valence electrons. The van der Waals surface area contributed by atoms with Crippen LogP contribution in [0.25, 0.3) is 0 Å². The minimum atomic E-state index is -0.801. The molecule has 43 heavy (non-hydrogen) atoms. The molecule has 0 saturated carbocycles. The van der Waals surface area contributed by atoms with Gasteiger partial charge in [-0.25, -0.2) is 9.18 Å². The number of halogens is 2. The predicted octanol–water partition coefficient (Wildman–Crippen LogP) is 9.11. The number of hydrogen-bond donors (Lipinski definition) is 0. The Morgan fingerprint density at radius 2 is 1.49 bits per heavy atom. The van der Waals surface area contributed by atoms with Crippen molar-refractivity contribution < 1.29 is 32.9 Å². The first-order chi connectivity index (χ1) is 20.9. The number of benzene rings is 4. The van der Waals surface area contributed by atoms with Gasteiger partial charge in [0.05, 0.1) is 24.8 Å². The van der Waals surface area contributed by atoms with Crippen LogP contribution in [0.3, 0.4) is 0 Å². The highest BCUT2D eigenvalue weighted by molar-refractivity contribution is 9.10. The van der Waals surface area contributed by atoms with Crippen LogP contribution in [0, 0.1) is 5.82 Å². The normalized spacial score (nSPS) is 10.7. The van der Waals surface area contributed by atoms with E-state index in [1.807, 2.05) is 54.6 Å². The van der Waals surface area contributed by atoms with E-state index in [0.29, 0.717) is 44.2 Å². The molecule has 0 aromatic heterocycles. The first-order valence-corrected chi connectivity index (χ1v) is 15.2. The Bertz CT molecular complexity index is 1510. The molecule has 4 aromatic carbocycles. The molecule has 0 N–H and O–H groups in total. The summed E-state index contributed by atoms with van der Waals surface area (Å²) in [5, 5.41) is 0. The quantitative estimate of drug-likeness (QED) is 0.0944. The van der Waals surface area contributed by atoms with E-state index in [4.69, 9.17) is 23.7 Å². The number of aryl methyl sites for hydroxylation is 1. The summed E-state index contributed by atoms with van der Waals surface area (Å²) in [4.78, 5) is 12.2. The summed E-state index contributed by atoms with van der Waals surface area (Å²) in [7, 11) is 1.21. The number of ether oxygens (including phenoxy) is 5. The standard InChI is InChI=1S/C35H36BrFO6/c1-4-12-26-29(16-10-17-30(26)43-31-18-9-15-28(37)34(31)35(38)39-3)40-19-11-20-41-32-22-33(27(36)21-25(32)5-2)42-23-24-13-7-6-8-14-24/h6-10,13-18,21-22H,4-5,11-12,19-20,23H2,1-3H3. The minimum absolute atomic E-state index is 0.0862. The van der Waals surface area contributed by atoms with Gasteiger partial charge in [-0.05, 0) is 70.2 Å². The summed E-state index contributed by atoms with van der Waals surface area (Å²) in [5.41, 5.74) is 2.76. The predicted molar refractivity (Wildman–Crippen MR) is 168 cm³/mol. The van der Waals surface area contributed by atoms with Crippen molar-refractivity contribution in [3.05, 3.63) is 111 Å². The molecule has 0 saturated heterocycles. The topological polar surface area (TPSA) is 63.2 Å². The van der Waals surface area contributed by atoms with Crippen LogP contribution in [0.2, 0.25) is 0 Å². The maximum absolute atomic E-state index is 14.5. The molecular formula is C35H36BrFO6. The van der Waals surface area contributed by atoms with Crippen LogP contribution in [0.5, 0.6) is 28.7 Å². The van der Waals surface area contributed by atoms with Crippen molar-refractivity contribution in [2.45, 2.75) is 46.1 Å². The smallest absolute Gasteiger partial charge is 0.344 e. The van der Waals surface area contributed by atoms with Crippen LogP contribution in [-0.2, 0) is 24.2 Å². The molecule has 0 radical (unpaired) electrons. The summed E-state index contributed by atoms with van der Waals surface area (Å²) in [6.45, 7) is 5.48. The molecule has 0 spiro atoms. The van der Waals surface area contributed by atoms with Crippen molar-refractivity contribution in [2.24, 2.45) is 0 Å². The molecule has 4 rings (SSSR count). The molecule has 8 heteroatoms. The van der Waals surface area contributed by atoms with Gasteiger partial charge in [-0.2, -0.15) is 0 Å². The molecule has 0 fully saturated rings.